The Hall–Kier alpha value is -3.31. The predicted octanol–water partition coefficient (Wildman–Crippen LogP) is 2.75. The van der Waals surface area contributed by atoms with Crippen molar-refractivity contribution in [1.29, 1.82) is 0 Å². The van der Waals surface area contributed by atoms with E-state index in [-0.39, 0.29) is 36.1 Å². The van der Waals surface area contributed by atoms with Crippen LogP contribution in [0.4, 0.5) is 0 Å². The van der Waals surface area contributed by atoms with E-state index in [9.17, 15) is 34.8 Å². The molecule has 10 heteroatoms. The molecule has 0 bridgehead atoms. The molecule has 2 fully saturated rings. The van der Waals surface area contributed by atoms with Crippen molar-refractivity contribution in [2.75, 3.05) is 7.11 Å². The Balaban J connectivity index is 1.71. The lowest BCUT2D eigenvalue weighted by Crippen LogP contribution is -2.79. The van der Waals surface area contributed by atoms with Crippen molar-refractivity contribution >= 4 is 17.5 Å². The first kappa shape index (κ1) is 33.1. The number of aromatic hydroxyl groups is 1. The first-order valence-electron chi connectivity index (χ1n) is 15.7. The van der Waals surface area contributed by atoms with Gasteiger partial charge in [0.05, 0.1) is 24.7 Å². The Kier molecular flexibility index (Phi) is 8.22. The van der Waals surface area contributed by atoms with Crippen LogP contribution in [-0.2, 0) is 22.6 Å². The highest BCUT2D eigenvalue weighted by Crippen LogP contribution is 2.66. The maximum absolute atomic E-state index is 14.5. The molecule has 10 nitrogen and oxygen atoms in total. The second-order valence-electron chi connectivity index (χ2n) is 14.5. The van der Waals surface area contributed by atoms with Gasteiger partial charge in [0.15, 0.2) is 17.2 Å². The van der Waals surface area contributed by atoms with E-state index in [1.54, 1.807) is 20.1 Å². The molecule has 0 radical (unpaired) electrons. The van der Waals surface area contributed by atoms with Crippen molar-refractivity contribution in [2.45, 2.75) is 84.8 Å². The number of Topliss-reactive ketones (excluding diaryl/α,β-unsaturated/α-hetero) is 2. The summed E-state index contributed by atoms with van der Waals surface area (Å²) in [4.78, 5) is 40.8. The molecular weight excluding hydrogens is 576 g/mol. The molecule has 8 atom stereocenters. The number of methoxy groups -OCH3 is 1. The molecule has 0 heterocycles. The number of nitrogens with one attached hydrogen (secondary N) is 1. The van der Waals surface area contributed by atoms with E-state index in [4.69, 9.17) is 10.5 Å². The fraction of sp³-hybridized carbons (Fsp3) is 0.571. The van der Waals surface area contributed by atoms with Gasteiger partial charge >= 0.3 is 0 Å². The number of ketones is 2. The van der Waals surface area contributed by atoms with Gasteiger partial charge in [-0.2, -0.15) is 0 Å². The van der Waals surface area contributed by atoms with Gasteiger partial charge in [-0.15, -0.1) is 0 Å². The van der Waals surface area contributed by atoms with Gasteiger partial charge in [0.25, 0.3) is 0 Å². The number of hydrogen-bond acceptors (Lipinski definition) is 9. The Morgan fingerprint density at radius 3 is 2.33 bits per heavy atom. The number of ether oxygens (including phenoxy) is 1. The predicted molar refractivity (Wildman–Crippen MR) is 167 cm³/mol. The number of amides is 1. The van der Waals surface area contributed by atoms with E-state index in [2.05, 4.69) is 19.2 Å². The summed E-state index contributed by atoms with van der Waals surface area (Å²) in [5, 5.41) is 50.2. The maximum Gasteiger partial charge on any atom is 0.230 e. The van der Waals surface area contributed by atoms with Gasteiger partial charge < -0.3 is 36.2 Å². The van der Waals surface area contributed by atoms with Gasteiger partial charge in [0.1, 0.15) is 23.5 Å². The zero-order chi connectivity index (χ0) is 33.4. The molecule has 5 rings (SSSR count). The zero-order valence-corrected chi connectivity index (χ0v) is 27.0. The lowest BCUT2D eigenvalue weighted by molar-refractivity contribution is -0.265. The van der Waals surface area contributed by atoms with Crippen LogP contribution in [0.25, 0.3) is 11.1 Å². The van der Waals surface area contributed by atoms with Crippen LogP contribution in [0.2, 0.25) is 0 Å². The van der Waals surface area contributed by atoms with Crippen molar-refractivity contribution < 1.29 is 39.5 Å². The largest absolute Gasteiger partial charge is 0.507 e. The van der Waals surface area contributed by atoms with Gasteiger partial charge in [0, 0.05) is 23.6 Å². The number of phenolic OH excluding ortho intramolecular Hbond substituents is 1. The lowest BCUT2D eigenvalue weighted by atomic mass is 9.39. The van der Waals surface area contributed by atoms with Crippen LogP contribution >= 0.6 is 0 Å². The quantitative estimate of drug-likeness (QED) is 0.253. The van der Waals surface area contributed by atoms with E-state index < -0.39 is 63.9 Å². The number of fused-ring (bicyclic) bond motifs is 3. The molecule has 0 aromatic heterocycles. The molecule has 0 aliphatic heterocycles. The van der Waals surface area contributed by atoms with Crippen molar-refractivity contribution in [3.63, 3.8) is 0 Å². The zero-order valence-electron chi connectivity index (χ0n) is 27.0. The van der Waals surface area contributed by atoms with Gasteiger partial charge in [0.2, 0.25) is 5.91 Å². The van der Waals surface area contributed by atoms with Crippen LogP contribution in [0.5, 0.6) is 11.5 Å². The van der Waals surface area contributed by atoms with E-state index in [1.807, 2.05) is 39.0 Å². The maximum atomic E-state index is 14.5. The number of hydrogen-bond donors (Lipinski definition) is 6. The molecule has 0 spiro atoms. The van der Waals surface area contributed by atoms with Gasteiger partial charge in [-0.05, 0) is 65.0 Å². The van der Waals surface area contributed by atoms with Crippen LogP contribution in [-0.4, -0.2) is 68.9 Å². The van der Waals surface area contributed by atoms with Gasteiger partial charge in [-0.3, -0.25) is 14.4 Å². The van der Waals surface area contributed by atoms with Crippen molar-refractivity contribution in [3.8, 4) is 22.6 Å². The summed E-state index contributed by atoms with van der Waals surface area (Å²) in [6, 6.07) is 9.27. The van der Waals surface area contributed by atoms with Gasteiger partial charge in [-0.1, -0.05) is 53.7 Å². The Morgan fingerprint density at radius 1 is 1.09 bits per heavy atom. The molecule has 244 valence electrons. The van der Waals surface area contributed by atoms with E-state index in [0.29, 0.717) is 23.4 Å². The van der Waals surface area contributed by atoms with Gasteiger partial charge in [-0.25, -0.2) is 0 Å². The summed E-state index contributed by atoms with van der Waals surface area (Å²) in [6.45, 7) is 11.8. The number of aliphatic hydroxyl groups is 3. The summed E-state index contributed by atoms with van der Waals surface area (Å²) < 4.78 is 5.73. The third-order valence-electron chi connectivity index (χ3n) is 10.9. The standard InChI is InChI=1S/C35H46N2O8/c1-16(2)26-29(40)25(32(36)43)30(41)35(44)31(42)27-28(39)24-21(13-33(27,5)15-34(26,35)6)19(9-10-22(24)38)20-12-18(14-37-17(3)4)8-11-23(20)45-7/h8-12,16-17,25-27,29,31,37-38,40,42,44H,13-15H2,1-7H3,(H2,36,43)/t25-,26+,27-,29?,31?,33-,34-,35+/m1/s1. The topological polar surface area (TPSA) is 179 Å². The molecule has 3 aliphatic carbocycles. The first-order chi connectivity index (χ1) is 20.9. The fourth-order valence-electron chi connectivity index (χ4n) is 9.18. The summed E-state index contributed by atoms with van der Waals surface area (Å²) >= 11 is 0. The average molecular weight is 623 g/mol. The summed E-state index contributed by atoms with van der Waals surface area (Å²) in [7, 11) is 1.57. The minimum atomic E-state index is -2.55. The van der Waals surface area contributed by atoms with Crippen LogP contribution in [0, 0.1) is 34.5 Å². The number of phenols is 1. The highest BCUT2D eigenvalue weighted by atomic mass is 16.5. The molecule has 2 unspecified atom stereocenters. The van der Waals surface area contributed by atoms with Crippen LogP contribution in [0.1, 0.15) is 69.4 Å². The highest BCUT2D eigenvalue weighted by Gasteiger charge is 2.75. The smallest absolute Gasteiger partial charge is 0.230 e. The van der Waals surface area contributed by atoms with Crippen LogP contribution in [0.15, 0.2) is 30.3 Å². The molecule has 2 aromatic rings. The second-order valence-corrected chi connectivity index (χ2v) is 14.5. The number of nitrogens with two attached hydrogens (primary N) is 1. The Bertz CT molecular complexity index is 1550. The Labute approximate surface area is 264 Å². The molecule has 0 saturated heterocycles. The highest BCUT2D eigenvalue weighted by molar-refractivity contribution is 6.09. The summed E-state index contributed by atoms with van der Waals surface area (Å²) in [5.41, 5.74) is 3.59. The number of benzene rings is 2. The van der Waals surface area contributed by atoms with Crippen molar-refractivity contribution in [1.82, 2.24) is 5.32 Å². The number of rotatable bonds is 7. The monoisotopic (exact) mass is 622 g/mol. The molecule has 3 aliphatic rings. The molecule has 2 saturated carbocycles. The molecular formula is C35H46N2O8. The second kappa shape index (κ2) is 11.2. The fourth-order valence-corrected chi connectivity index (χ4v) is 9.18. The minimum absolute atomic E-state index is 0.0177. The molecule has 1 amide bonds. The SMILES string of the molecule is COc1ccc(CNC(C)C)cc1-c1ccc(O)c2c1C[C@]1(C)C[C@]3(C)[C@@H](C(C)C)C(O)[C@@H](C(N)=O)C(=O)[C@]3(O)C(O)[C@H]1C2=O. The third kappa shape index (κ3) is 4.71. The average Bonchev–Trinajstić information content (AvgIpc) is 2.93. The molecule has 45 heavy (non-hydrogen) atoms. The number of carbonyl (C=O) groups is 3. The number of primary amides is 1. The minimum Gasteiger partial charge on any atom is -0.507 e. The molecule has 2 aromatic carbocycles. The summed E-state index contributed by atoms with van der Waals surface area (Å²) in [5.74, 6) is -6.63. The van der Waals surface area contributed by atoms with E-state index in [1.165, 1.54) is 6.07 Å². The Morgan fingerprint density at radius 2 is 1.76 bits per heavy atom. The van der Waals surface area contributed by atoms with E-state index >= 15 is 0 Å². The number of aliphatic hydroxyl groups excluding tert-OH is 2. The normalized spacial score (nSPS) is 34.4. The van der Waals surface area contributed by atoms with Crippen molar-refractivity contribution in [2.24, 2.45) is 40.2 Å². The van der Waals surface area contributed by atoms with E-state index in [0.717, 1.165) is 11.1 Å². The third-order valence-corrected chi connectivity index (χ3v) is 10.9. The summed E-state index contributed by atoms with van der Waals surface area (Å²) in [6.07, 6.45) is -3.11. The van der Waals surface area contributed by atoms with Crippen LogP contribution < -0.4 is 15.8 Å². The van der Waals surface area contributed by atoms with Crippen molar-refractivity contribution in [3.05, 3.63) is 47.0 Å². The lowest BCUT2D eigenvalue weighted by Gasteiger charge is -2.66. The number of carbonyl (C=O) groups excluding carboxylic acids is 3. The molecule has 7 N–H and O–H groups in total. The first-order valence-corrected chi connectivity index (χ1v) is 15.7. The van der Waals surface area contributed by atoms with Crippen LogP contribution in [0.3, 0.4) is 0 Å².